The standard InChI is InChI=1S/C23H29F3N6O2/c24-23(25,26)15-2-7-20-19(10-15)22(29-14-28-20)31(13-21(27)33)18-11-30(12-18)16-3-5-17(6-4-16)32-8-1-9-34-32/h2,7,10,14,16-18H,1,3-6,8-9,11-13H2,(H2,27,33). The molecule has 3 heterocycles. The number of benzene rings is 1. The van der Waals surface area contributed by atoms with Gasteiger partial charge in [0.15, 0.2) is 0 Å². The van der Waals surface area contributed by atoms with E-state index in [1.54, 1.807) is 4.90 Å². The molecule has 1 aromatic heterocycles. The van der Waals surface area contributed by atoms with Gasteiger partial charge in [0.1, 0.15) is 12.1 Å². The zero-order valence-electron chi connectivity index (χ0n) is 18.9. The van der Waals surface area contributed by atoms with Crippen LogP contribution in [0.15, 0.2) is 24.5 Å². The zero-order valence-corrected chi connectivity index (χ0v) is 18.9. The van der Waals surface area contributed by atoms with Gasteiger partial charge in [0.2, 0.25) is 5.91 Å². The van der Waals surface area contributed by atoms with E-state index in [0.717, 1.165) is 57.4 Å². The van der Waals surface area contributed by atoms with Crippen molar-refractivity contribution in [1.29, 1.82) is 0 Å². The van der Waals surface area contributed by atoms with Crippen molar-refractivity contribution in [3.8, 4) is 0 Å². The molecule has 11 heteroatoms. The van der Waals surface area contributed by atoms with Gasteiger partial charge in [-0.15, -0.1) is 0 Å². The first-order chi connectivity index (χ1) is 16.3. The molecule has 0 radical (unpaired) electrons. The van der Waals surface area contributed by atoms with Gasteiger partial charge in [0.25, 0.3) is 0 Å². The zero-order chi connectivity index (χ0) is 23.9. The summed E-state index contributed by atoms with van der Waals surface area (Å²) in [6.45, 7) is 3.14. The topological polar surface area (TPSA) is 87.8 Å². The number of anilines is 1. The van der Waals surface area contributed by atoms with Gasteiger partial charge in [-0.25, -0.2) is 9.97 Å². The number of rotatable bonds is 6. The van der Waals surface area contributed by atoms with Crippen molar-refractivity contribution in [2.75, 3.05) is 37.7 Å². The minimum Gasteiger partial charge on any atom is -0.368 e. The van der Waals surface area contributed by atoms with Crippen molar-refractivity contribution < 1.29 is 22.8 Å². The minimum absolute atomic E-state index is 0.0558. The van der Waals surface area contributed by atoms with Gasteiger partial charge in [0.05, 0.1) is 30.3 Å². The largest absolute Gasteiger partial charge is 0.416 e. The molecule has 1 saturated carbocycles. The van der Waals surface area contributed by atoms with Crippen molar-refractivity contribution in [1.82, 2.24) is 19.9 Å². The van der Waals surface area contributed by atoms with Crippen LogP contribution in [0.5, 0.6) is 0 Å². The highest BCUT2D eigenvalue weighted by molar-refractivity contribution is 5.92. The normalized spacial score (nSPS) is 24.9. The second kappa shape index (κ2) is 9.27. The Hall–Kier alpha value is -2.50. The number of aromatic nitrogens is 2. The predicted octanol–water partition coefficient (Wildman–Crippen LogP) is 2.57. The molecule has 2 N–H and O–H groups in total. The fourth-order valence-corrected chi connectivity index (χ4v) is 5.44. The lowest BCUT2D eigenvalue weighted by atomic mass is 9.87. The fourth-order valence-electron chi connectivity index (χ4n) is 5.44. The average molecular weight is 479 g/mol. The van der Waals surface area contributed by atoms with E-state index in [-0.39, 0.29) is 18.0 Å². The number of fused-ring (bicyclic) bond motifs is 1. The second-order valence-electron chi connectivity index (χ2n) is 9.42. The molecule has 2 aliphatic heterocycles. The molecule has 2 saturated heterocycles. The SMILES string of the molecule is NC(=O)CN(c1ncnc2ccc(C(F)(F)F)cc12)C1CN(C2CCC(N3CCCO3)CC2)C1. The van der Waals surface area contributed by atoms with E-state index in [1.807, 2.05) is 0 Å². The number of hydroxylamine groups is 2. The lowest BCUT2D eigenvalue weighted by molar-refractivity contribution is -0.151. The summed E-state index contributed by atoms with van der Waals surface area (Å²) in [6.07, 6.45) is 2.27. The Kier molecular flexibility index (Phi) is 6.34. The summed E-state index contributed by atoms with van der Waals surface area (Å²) in [7, 11) is 0. The van der Waals surface area contributed by atoms with Crippen LogP contribution in [0.4, 0.5) is 19.0 Å². The minimum atomic E-state index is -4.48. The fraction of sp³-hybridized carbons (Fsp3) is 0.609. The van der Waals surface area contributed by atoms with Crippen molar-refractivity contribution in [3.05, 3.63) is 30.1 Å². The highest BCUT2D eigenvalue weighted by Gasteiger charge is 2.40. The number of hydrogen-bond donors (Lipinski definition) is 1. The molecule has 0 spiro atoms. The number of carbonyl (C=O) groups is 1. The van der Waals surface area contributed by atoms with Crippen LogP contribution in [0.3, 0.4) is 0 Å². The third-order valence-corrected chi connectivity index (χ3v) is 7.24. The number of alkyl halides is 3. The summed E-state index contributed by atoms with van der Waals surface area (Å²) in [5, 5.41) is 2.40. The third-order valence-electron chi connectivity index (χ3n) is 7.24. The molecular formula is C23H29F3N6O2. The molecule has 5 rings (SSSR count). The van der Waals surface area contributed by atoms with E-state index < -0.39 is 17.6 Å². The van der Waals surface area contributed by atoms with Crippen molar-refractivity contribution in [2.45, 2.75) is 56.4 Å². The van der Waals surface area contributed by atoms with Gasteiger partial charge in [-0.05, 0) is 50.3 Å². The first-order valence-electron chi connectivity index (χ1n) is 11.8. The predicted molar refractivity (Wildman–Crippen MR) is 120 cm³/mol. The Bertz CT molecular complexity index is 1030. The van der Waals surface area contributed by atoms with Crippen molar-refractivity contribution >= 4 is 22.6 Å². The van der Waals surface area contributed by atoms with Crippen LogP contribution in [0.1, 0.15) is 37.7 Å². The van der Waals surface area contributed by atoms with E-state index in [4.69, 9.17) is 10.6 Å². The van der Waals surface area contributed by atoms with Gasteiger partial charge >= 0.3 is 6.18 Å². The second-order valence-corrected chi connectivity index (χ2v) is 9.42. The molecule has 34 heavy (non-hydrogen) atoms. The first kappa shape index (κ1) is 23.3. The van der Waals surface area contributed by atoms with Crippen LogP contribution in [0, 0.1) is 0 Å². The molecule has 8 nitrogen and oxygen atoms in total. The Morgan fingerprint density at radius 2 is 1.88 bits per heavy atom. The van der Waals surface area contributed by atoms with Gasteiger partial charge < -0.3 is 10.6 Å². The Morgan fingerprint density at radius 1 is 1.15 bits per heavy atom. The number of halogens is 3. The van der Waals surface area contributed by atoms with Crippen LogP contribution in [0.2, 0.25) is 0 Å². The van der Waals surface area contributed by atoms with E-state index in [2.05, 4.69) is 19.9 Å². The Morgan fingerprint density at radius 3 is 2.53 bits per heavy atom. The maximum Gasteiger partial charge on any atom is 0.416 e. The summed E-state index contributed by atoms with van der Waals surface area (Å²) >= 11 is 0. The van der Waals surface area contributed by atoms with E-state index >= 15 is 0 Å². The van der Waals surface area contributed by atoms with Crippen molar-refractivity contribution in [3.63, 3.8) is 0 Å². The van der Waals surface area contributed by atoms with E-state index in [0.29, 0.717) is 36.5 Å². The van der Waals surface area contributed by atoms with E-state index in [9.17, 15) is 18.0 Å². The van der Waals surface area contributed by atoms with Gasteiger partial charge in [0, 0.05) is 37.1 Å². The number of primary amides is 1. The maximum absolute atomic E-state index is 13.3. The quantitative estimate of drug-likeness (QED) is 0.683. The van der Waals surface area contributed by atoms with Crippen LogP contribution in [-0.4, -0.2) is 76.7 Å². The molecular weight excluding hydrogens is 449 g/mol. The summed E-state index contributed by atoms with van der Waals surface area (Å²) in [5.41, 5.74) is 5.13. The van der Waals surface area contributed by atoms with Crippen LogP contribution in [-0.2, 0) is 15.8 Å². The molecule has 3 aliphatic rings. The van der Waals surface area contributed by atoms with Crippen molar-refractivity contribution in [2.24, 2.45) is 5.73 Å². The van der Waals surface area contributed by atoms with Gasteiger partial charge in [-0.2, -0.15) is 18.2 Å². The molecule has 0 bridgehead atoms. The van der Waals surface area contributed by atoms with E-state index in [1.165, 1.54) is 12.4 Å². The smallest absolute Gasteiger partial charge is 0.368 e. The molecule has 0 atom stereocenters. The highest BCUT2D eigenvalue weighted by Crippen LogP contribution is 2.36. The van der Waals surface area contributed by atoms with Crippen LogP contribution < -0.4 is 10.6 Å². The number of nitrogens with two attached hydrogens (primary N) is 1. The molecule has 1 amide bonds. The molecule has 184 valence electrons. The number of likely N-dealkylation sites (tertiary alicyclic amines) is 1. The maximum atomic E-state index is 13.3. The Labute approximate surface area is 195 Å². The summed E-state index contributed by atoms with van der Waals surface area (Å²) in [6, 6.07) is 4.28. The summed E-state index contributed by atoms with van der Waals surface area (Å²) < 4.78 is 40.0. The average Bonchev–Trinajstić information content (AvgIpc) is 3.31. The highest BCUT2D eigenvalue weighted by atomic mass is 19.4. The monoisotopic (exact) mass is 478 g/mol. The number of nitrogens with zero attached hydrogens (tertiary/aromatic N) is 5. The molecule has 3 fully saturated rings. The number of carbonyl (C=O) groups excluding carboxylic acids is 1. The lowest BCUT2D eigenvalue weighted by Crippen LogP contribution is -2.64. The van der Waals surface area contributed by atoms with Crippen LogP contribution >= 0.6 is 0 Å². The summed E-state index contributed by atoms with van der Waals surface area (Å²) in [5.74, 6) is -0.238. The number of amides is 1. The molecule has 0 unspecified atom stereocenters. The molecule has 1 aromatic carbocycles. The lowest BCUT2D eigenvalue weighted by Gasteiger charge is -2.50. The van der Waals surface area contributed by atoms with Gasteiger partial charge in [-0.3, -0.25) is 14.5 Å². The Balaban J connectivity index is 1.30. The third kappa shape index (κ3) is 4.69. The number of hydrogen-bond acceptors (Lipinski definition) is 7. The van der Waals surface area contributed by atoms with Gasteiger partial charge in [-0.1, -0.05) is 0 Å². The molecule has 2 aromatic rings. The summed E-state index contributed by atoms with van der Waals surface area (Å²) in [4.78, 5) is 30.1. The first-order valence-corrected chi connectivity index (χ1v) is 11.8. The van der Waals surface area contributed by atoms with Crippen LogP contribution in [0.25, 0.3) is 10.9 Å². The molecule has 1 aliphatic carbocycles.